The Balaban J connectivity index is 0.00000385. The minimum Gasteiger partial charge on any atom is -0.490 e. The zero-order valence-corrected chi connectivity index (χ0v) is 22.1. The molecule has 3 rings (SSSR count). The summed E-state index contributed by atoms with van der Waals surface area (Å²) in [5, 5.41) is 6.76. The molecule has 0 saturated carbocycles. The summed E-state index contributed by atoms with van der Waals surface area (Å²) in [7, 11) is 0. The number of para-hydroxylation sites is 2. The standard InChI is InChI=1S/C24H35N5O3.HI/c1-4-25-24(27-16-19(3)29-12-14-30-15-13-29)28-18-20-10-11-23(26-17-20)32-22-9-7-6-8-21(22)31-5-2;/h6-11,17,19H,4-5,12-16,18H2,1-3H3,(H2,25,27,28);1H. The molecule has 1 aliphatic heterocycles. The van der Waals surface area contributed by atoms with Gasteiger partial charge in [0.05, 0.1) is 26.4 Å². The van der Waals surface area contributed by atoms with Crippen molar-refractivity contribution in [2.75, 3.05) is 46.0 Å². The summed E-state index contributed by atoms with van der Waals surface area (Å²) in [6.45, 7) is 12.6. The van der Waals surface area contributed by atoms with Crippen molar-refractivity contribution in [3.8, 4) is 17.4 Å². The summed E-state index contributed by atoms with van der Waals surface area (Å²) in [5.41, 5.74) is 1.01. The Morgan fingerprint density at radius 3 is 2.55 bits per heavy atom. The van der Waals surface area contributed by atoms with E-state index in [1.54, 1.807) is 6.20 Å². The highest BCUT2D eigenvalue weighted by molar-refractivity contribution is 14.0. The van der Waals surface area contributed by atoms with Crippen LogP contribution in [0.2, 0.25) is 0 Å². The first-order chi connectivity index (χ1) is 15.7. The Morgan fingerprint density at radius 2 is 1.88 bits per heavy atom. The Kier molecular flexibility index (Phi) is 12.3. The zero-order valence-electron chi connectivity index (χ0n) is 19.8. The van der Waals surface area contributed by atoms with E-state index >= 15 is 0 Å². The van der Waals surface area contributed by atoms with E-state index in [4.69, 9.17) is 19.2 Å². The van der Waals surface area contributed by atoms with Gasteiger partial charge in [-0.1, -0.05) is 18.2 Å². The molecule has 8 nitrogen and oxygen atoms in total. The van der Waals surface area contributed by atoms with Gasteiger partial charge in [-0.3, -0.25) is 4.90 Å². The normalized spacial score (nSPS) is 15.3. The summed E-state index contributed by atoms with van der Waals surface area (Å²) < 4.78 is 16.9. The molecular formula is C24H36IN5O3. The van der Waals surface area contributed by atoms with Crippen molar-refractivity contribution >= 4 is 29.9 Å². The lowest BCUT2D eigenvalue weighted by atomic mass is 10.2. The van der Waals surface area contributed by atoms with Crippen LogP contribution in [0.15, 0.2) is 47.6 Å². The molecule has 0 radical (unpaired) electrons. The maximum absolute atomic E-state index is 5.89. The Morgan fingerprint density at radius 1 is 1.12 bits per heavy atom. The first-order valence-corrected chi connectivity index (χ1v) is 11.4. The predicted octanol–water partition coefficient (Wildman–Crippen LogP) is 3.67. The van der Waals surface area contributed by atoms with Gasteiger partial charge >= 0.3 is 0 Å². The van der Waals surface area contributed by atoms with E-state index in [1.165, 1.54) is 0 Å². The number of ether oxygens (including phenoxy) is 3. The molecule has 1 fully saturated rings. The molecule has 0 spiro atoms. The number of guanidine groups is 1. The summed E-state index contributed by atoms with van der Waals surface area (Å²) in [5.74, 6) is 2.69. The minimum atomic E-state index is 0. The number of benzene rings is 1. The van der Waals surface area contributed by atoms with Gasteiger partial charge in [0.25, 0.3) is 0 Å². The molecule has 9 heteroatoms. The van der Waals surface area contributed by atoms with E-state index in [-0.39, 0.29) is 24.0 Å². The number of halogens is 1. The Labute approximate surface area is 214 Å². The van der Waals surface area contributed by atoms with Crippen LogP contribution in [-0.4, -0.2) is 67.9 Å². The van der Waals surface area contributed by atoms with Crippen molar-refractivity contribution in [1.29, 1.82) is 0 Å². The van der Waals surface area contributed by atoms with Crippen LogP contribution in [0.25, 0.3) is 0 Å². The lowest BCUT2D eigenvalue weighted by Gasteiger charge is -2.32. The minimum absolute atomic E-state index is 0. The number of nitrogens with zero attached hydrogens (tertiary/aromatic N) is 3. The van der Waals surface area contributed by atoms with Crippen molar-refractivity contribution in [1.82, 2.24) is 20.5 Å². The molecule has 33 heavy (non-hydrogen) atoms. The molecule has 1 aromatic carbocycles. The van der Waals surface area contributed by atoms with Gasteiger partial charge in [0, 0.05) is 44.5 Å². The summed E-state index contributed by atoms with van der Waals surface area (Å²) in [6, 6.07) is 11.8. The first-order valence-electron chi connectivity index (χ1n) is 11.4. The van der Waals surface area contributed by atoms with Crippen LogP contribution in [0.4, 0.5) is 0 Å². The van der Waals surface area contributed by atoms with Gasteiger partial charge in [-0.05, 0) is 38.5 Å². The van der Waals surface area contributed by atoms with Crippen molar-refractivity contribution in [2.24, 2.45) is 4.99 Å². The molecule has 182 valence electrons. The number of pyridine rings is 1. The van der Waals surface area contributed by atoms with E-state index in [9.17, 15) is 0 Å². The molecule has 2 aromatic rings. The van der Waals surface area contributed by atoms with Gasteiger partial charge in [0.2, 0.25) is 5.88 Å². The third-order valence-electron chi connectivity index (χ3n) is 5.16. The van der Waals surface area contributed by atoms with E-state index in [2.05, 4.69) is 34.4 Å². The average Bonchev–Trinajstić information content (AvgIpc) is 2.83. The Hall–Kier alpha value is -2.11. The number of aliphatic imine (C=N–C) groups is 1. The van der Waals surface area contributed by atoms with E-state index in [0.29, 0.717) is 36.6 Å². The second-order valence-electron chi connectivity index (χ2n) is 7.56. The van der Waals surface area contributed by atoms with Crippen LogP contribution >= 0.6 is 24.0 Å². The zero-order chi connectivity index (χ0) is 22.6. The fourth-order valence-corrected chi connectivity index (χ4v) is 3.39. The van der Waals surface area contributed by atoms with Gasteiger partial charge in [-0.2, -0.15) is 0 Å². The van der Waals surface area contributed by atoms with E-state index in [0.717, 1.165) is 50.9 Å². The van der Waals surface area contributed by atoms with Crippen LogP contribution in [0.1, 0.15) is 26.3 Å². The fourth-order valence-electron chi connectivity index (χ4n) is 3.39. The van der Waals surface area contributed by atoms with Crippen LogP contribution in [0.3, 0.4) is 0 Å². The van der Waals surface area contributed by atoms with Gasteiger partial charge in [-0.25, -0.2) is 9.98 Å². The van der Waals surface area contributed by atoms with Crippen LogP contribution in [-0.2, 0) is 11.3 Å². The maximum Gasteiger partial charge on any atom is 0.219 e. The number of aromatic nitrogens is 1. The number of morpholine rings is 1. The molecule has 1 saturated heterocycles. The Bertz CT molecular complexity index is 844. The molecule has 2 heterocycles. The number of nitrogens with one attached hydrogen (secondary N) is 2. The monoisotopic (exact) mass is 569 g/mol. The topological polar surface area (TPSA) is 80.2 Å². The van der Waals surface area contributed by atoms with Crippen molar-refractivity contribution in [3.63, 3.8) is 0 Å². The van der Waals surface area contributed by atoms with Crippen LogP contribution in [0, 0.1) is 0 Å². The number of rotatable bonds is 10. The quantitative estimate of drug-likeness (QED) is 0.257. The van der Waals surface area contributed by atoms with Crippen molar-refractivity contribution in [3.05, 3.63) is 48.2 Å². The summed E-state index contributed by atoms with van der Waals surface area (Å²) in [4.78, 5) is 11.6. The maximum atomic E-state index is 5.89. The predicted molar refractivity (Wildman–Crippen MR) is 142 cm³/mol. The highest BCUT2D eigenvalue weighted by Gasteiger charge is 2.17. The molecule has 1 aliphatic rings. The lowest BCUT2D eigenvalue weighted by Crippen LogP contribution is -2.49. The molecule has 1 unspecified atom stereocenters. The van der Waals surface area contributed by atoms with Gasteiger partial charge in [-0.15, -0.1) is 24.0 Å². The summed E-state index contributed by atoms with van der Waals surface area (Å²) >= 11 is 0. The second-order valence-corrected chi connectivity index (χ2v) is 7.56. The van der Waals surface area contributed by atoms with Gasteiger partial charge < -0.3 is 24.8 Å². The third-order valence-corrected chi connectivity index (χ3v) is 5.16. The highest BCUT2D eigenvalue weighted by atomic mass is 127. The van der Waals surface area contributed by atoms with Crippen molar-refractivity contribution < 1.29 is 14.2 Å². The average molecular weight is 569 g/mol. The summed E-state index contributed by atoms with van der Waals surface area (Å²) in [6.07, 6.45) is 1.79. The molecule has 1 atom stereocenters. The lowest BCUT2D eigenvalue weighted by molar-refractivity contribution is 0.0211. The van der Waals surface area contributed by atoms with Crippen LogP contribution in [0.5, 0.6) is 17.4 Å². The van der Waals surface area contributed by atoms with Crippen molar-refractivity contribution in [2.45, 2.75) is 33.4 Å². The van der Waals surface area contributed by atoms with E-state index in [1.807, 2.05) is 43.3 Å². The van der Waals surface area contributed by atoms with E-state index < -0.39 is 0 Å². The largest absolute Gasteiger partial charge is 0.490 e. The number of hydrogen-bond acceptors (Lipinski definition) is 6. The highest BCUT2D eigenvalue weighted by Crippen LogP contribution is 2.30. The second kappa shape index (κ2) is 14.9. The first kappa shape index (κ1) is 27.1. The molecule has 0 amide bonds. The molecule has 0 bridgehead atoms. The molecular weight excluding hydrogens is 533 g/mol. The SMILES string of the molecule is CCNC(=NCc1ccc(Oc2ccccc2OCC)nc1)NCC(C)N1CCOCC1.I. The third kappa shape index (κ3) is 8.98. The fraction of sp³-hybridized carbons (Fsp3) is 0.500. The molecule has 1 aromatic heterocycles. The van der Waals surface area contributed by atoms with Crippen LogP contribution < -0.4 is 20.1 Å². The molecule has 2 N–H and O–H groups in total. The smallest absolute Gasteiger partial charge is 0.219 e. The molecule has 0 aliphatic carbocycles. The van der Waals surface area contributed by atoms with Gasteiger partial charge in [0.15, 0.2) is 17.5 Å². The number of hydrogen-bond donors (Lipinski definition) is 2. The van der Waals surface area contributed by atoms with Gasteiger partial charge in [0.1, 0.15) is 0 Å².